The van der Waals surface area contributed by atoms with Crippen molar-refractivity contribution in [2.45, 2.75) is 56.5 Å². The molecule has 4 nitrogen and oxygen atoms in total. The topological polar surface area (TPSA) is 49.4 Å². The Balaban J connectivity index is 1.58. The predicted octanol–water partition coefficient (Wildman–Crippen LogP) is 5.90. The number of thioether (sulfide) groups is 1. The Kier molecular flexibility index (Phi) is 9.71. The van der Waals surface area contributed by atoms with Gasteiger partial charge < -0.3 is 10.2 Å². The van der Waals surface area contributed by atoms with Gasteiger partial charge in [-0.05, 0) is 36.1 Å². The van der Waals surface area contributed by atoms with Crippen LogP contribution in [0.3, 0.4) is 0 Å². The Morgan fingerprint density at radius 3 is 2.11 bits per heavy atom. The molecule has 7 heteroatoms. The summed E-state index contributed by atoms with van der Waals surface area (Å²) in [4.78, 5) is 28.7. The summed E-state index contributed by atoms with van der Waals surface area (Å²) in [6.07, 6.45) is 4.29. The summed E-state index contributed by atoms with van der Waals surface area (Å²) in [5.74, 6) is -0.877. The van der Waals surface area contributed by atoms with Crippen LogP contribution >= 0.6 is 11.8 Å². The third-order valence-electron chi connectivity index (χ3n) is 6.71. The smallest absolute Gasteiger partial charge is 0.243 e. The molecular weight excluding hydrogens is 490 g/mol. The van der Waals surface area contributed by atoms with Crippen molar-refractivity contribution < 1.29 is 18.4 Å². The maximum Gasteiger partial charge on any atom is 0.243 e. The van der Waals surface area contributed by atoms with Crippen LogP contribution < -0.4 is 5.32 Å². The molecule has 4 rings (SSSR count). The Morgan fingerprint density at radius 1 is 0.865 bits per heavy atom. The van der Waals surface area contributed by atoms with Gasteiger partial charge in [-0.2, -0.15) is 0 Å². The molecule has 0 unspecified atom stereocenters. The molecule has 0 heterocycles. The van der Waals surface area contributed by atoms with Gasteiger partial charge in [-0.1, -0.05) is 79.6 Å². The fraction of sp³-hybridized carbons (Fsp3) is 0.333. The standard InChI is InChI=1S/C30H32F2N2O2S/c31-26-16-8-4-12-23(26)19-34(29(35)21-37-20-24-13-5-9-17-27(24)32)28(18-22-10-2-1-3-11-22)30(36)33-25-14-6-7-15-25/h1-5,8-13,16-17,25,28H,6-7,14-15,18-21H2,(H,33,36)/t28-/m1/s1. The zero-order chi connectivity index (χ0) is 26.0. The normalized spacial score (nSPS) is 14.3. The average molecular weight is 523 g/mol. The fourth-order valence-corrected chi connectivity index (χ4v) is 5.57. The van der Waals surface area contributed by atoms with Gasteiger partial charge in [-0.3, -0.25) is 9.59 Å². The molecule has 1 aliphatic rings. The van der Waals surface area contributed by atoms with E-state index in [1.165, 1.54) is 28.8 Å². The molecule has 3 aromatic carbocycles. The molecule has 37 heavy (non-hydrogen) atoms. The number of nitrogens with one attached hydrogen (secondary N) is 1. The van der Waals surface area contributed by atoms with E-state index >= 15 is 0 Å². The van der Waals surface area contributed by atoms with Crippen LogP contribution in [0.1, 0.15) is 42.4 Å². The lowest BCUT2D eigenvalue weighted by atomic mass is 10.0. The summed E-state index contributed by atoms with van der Waals surface area (Å²) >= 11 is 1.28. The Bertz CT molecular complexity index is 1180. The molecular formula is C30H32F2N2O2S. The van der Waals surface area contributed by atoms with Crippen molar-refractivity contribution >= 4 is 23.6 Å². The van der Waals surface area contributed by atoms with E-state index in [2.05, 4.69) is 5.32 Å². The van der Waals surface area contributed by atoms with Gasteiger partial charge >= 0.3 is 0 Å². The fourth-order valence-electron chi connectivity index (χ4n) is 4.68. The summed E-state index contributed by atoms with van der Waals surface area (Å²) in [6.45, 7) is -0.0264. The van der Waals surface area contributed by atoms with E-state index in [1.54, 1.807) is 36.4 Å². The van der Waals surface area contributed by atoms with Crippen LogP contribution in [0.4, 0.5) is 8.78 Å². The molecule has 3 aromatic rings. The first-order valence-electron chi connectivity index (χ1n) is 12.7. The second kappa shape index (κ2) is 13.4. The zero-order valence-electron chi connectivity index (χ0n) is 20.7. The monoisotopic (exact) mass is 522 g/mol. The molecule has 0 spiro atoms. The van der Waals surface area contributed by atoms with Crippen molar-refractivity contribution in [1.29, 1.82) is 0 Å². The number of hydrogen-bond donors (Lipinski definition) is 1. The van der Waals surface area contributed by atoms with E-state index < -0.39 is 11.9 Å². The summed E-state index contributed by atoms with van der Waals surface area (Å²) in [6, 6.07) is 21.6. The van der Waals surface area contributed by atoms with Gasteiger partial charge in [-0.25, -0.2) is 8.78 Å². The van der Waals surface area contributed by atoms with E-state index in [4.69, 9.17) is 0 Å². The molecule has 0 bridgehead atoms. The van der Waals surface area contributed by atoms with E-state index in [-0.39, 0.29) is 36.0 Å². The van der Waals surface area contributed by atoms with Crippen molar-refractivity contribution in [2.75, 3.05) is 5.75 Å². The number of carbonyl (C=O) groups excluding carboxylic acids is 2. The van der Waals surface area contributed by atoms with Crippen LogP contribution in [0.2, 0.25) is 0 Å². The van der Waals surface area contributed by atoms with Crippen LogP contribution in [0.15, 0.2) is 78.9 Å². The van der Waals surface area contributed by atoms with Crippen LogP contribution in [0.25, 0.3) is 0 Å². The number of carbonyl (C=O) groups is 2. The van der Waals surface area contributed by atoms with Gasteiger partial charge in [0.2, 0.25) is 11.8 Å². The highest BCUT2D eigenvalue weighted by atomic mass is 32.2. The molecule has 1 aliphatic carbocycles. The Morgan fingerprint density at radius 2 is 1.46 bits per heavy atom. The van der Waals surface area contributed by atoms with Crippen molar-refractivity contribution in [1.82, 2.24) is 10.2 Å². The summed E-state index contributed by atoms with van der Waals surface area (Å²) < 4.78 is 28.7. The minimum absolute atomic E-state index is 0.0264. The van der Waals surface area contributed by atoms with Gasteiger partial charge in [0.15, 0.2) is 0 Å². The van der Waals surface area contributed by atoms with Gasteiger partial charge in [-0.15, -0.1) is 11.8 Å². The van der Waals surface area contributed by atoms with Crippen LogP contribution in [-0.4, -0.2) is 34.6 Å². The lowest BCUT2D eigenvalue weighted by molar-refractivity contribution is -0.139. The SMILES string of the molecule is O=C(NC1CCCC1)[C@@H](Cc1ccccc1)N(Cc1ccccc1F)C(=O)CSCc1ccccc1F. The van der Waals surface area contributed by atoms with Crippen molar-refractivity contribution in [3.05, 3.63) is 107 Å². The highest BCUT2D eigenvalue weighted by molar-refractivity contribution is 7.99. The zero-order valence-corrected chi connectivity index (χ0v) is 21.6. The van der Waals surface area contributed by atoms with Gasteiger partial charge in [0.25, 0.3) is 0 Å². The van der Waals surface area contributed by atoms with Crippen molar-refractivity contribution in [3.8, 4) is 0 Å². The van der Waals surface area contributed by atoms with Crippen LogP contribution in [0.5, 0.6) is 0 Å². The van der Waals surface area contributed by atoms with Gasteiger partial charge in [0.1, 0.15) is 17.7 Å². The highest BCUT2D eigenvalue weighted by Gasteiger charge is 2.32. The first-order valence-corrected chi connectivity index (χ1v) is 13.8. The van der Waals surface area contributed by atoms with Gasteiger partial charge in [0, 0.05) is 30.3 Å². The second-order valence-corrected chi connectivity index (χ2v) is 10.4. The first-order chi connectivity index (χ1) is 18.0. The quantitative estimate of drug-likeness (QED) is 0.341. The molecule has 0 radical (unpaired) electrons. The first kappa shape index (κ1) is 26.9. The number of nitrogens with zero attached hydrogens (tertiary/aromatic N) is 1. The summed E-state index contributed by atoms with van der Waals surface area (Å²) in [7, 11) is 0. The van der Waals surface area contributed by atoms with Crippen molar-refractivity contribution in [2.24, 2.45) is 0 Å². The lowest BCUT2D eigenvalue weighted by Crippen LogP contribution is -2.52. The summed E-state index contributed by atoms with van der Waals surface area (Å²) in [5, 5.41) is 3.14. The minimum atomic E-state index is -0.802. The minimum Gasteiger partial charge on any atom is -0.352 e. The number of halogens is 2. The maximum absolute atomic E-state index is 14.7. The molecule has 0 aromatic heterocycles. The molecule has 2 amide bonds. The highest BCUT2D eigenvalue weighted by Crippen LogP contribution is 2.22. The molecule has 1 atom stereocenters. The number of amides is 2. The number of hydrogen-bond acceptors (Lipinski definition) is 3. The third kappa shape index (κ3) is 7.65. The van der Waals surface area contributed by atoms with E-state index in [9.17, 15) is 18.4 Å². The molecule has 0 saturated heterocycles. The Labute approximate surface area is 221 Å². The molecule has 1 saturated carbocycles. The summed E-state index contributed by atoms with van der Waals surface area (Å²) in [5.41, 5.74) is 1.78. The van der Waals surface area contributed by atoms with Crippen LogP contribution in [-0.2, 0) is 28.3 Å². The average Bonchev–Trinajstić information content (AvgIpc) is 3.42. The molecule has 1 N–H and O–H groups in total. The lowest BCUT2D eigenvalue weighted by Gasteiger charge is -2.32. The maximum atomic E-state index is 14.7. The number of benzene rings is 3. The Hall–Kier alpha value is -3.19. The molecule has 1 fully saturated rings. The van der Waals surface area contributed by atoms with E-state index in [0.29, 0.717) is 23.3 Å². The molecule has 0 aliphatic heterocycles. The third-order valence-corrected chi connectivity index (χ3v) is 7.68. The van der Waals surface area contributed by atoms with Crippen LogP contribution in [0, 0.1) is 11.6 Å². The number of rotatable bonds is 11. The van der Waals surface area contributed by atoms with Gasteiger partial charge in [0.05, 0.1) is 5.75 Å². The largest absolute Gasteiger partial charge is 0.352 e. The molecule has 194 valence electrons. The van der Waals surface area contributed by atoms with E-state index in [1.807, 2.05) is 30.3 Å². The van der Waals surface area contributed by atoms with Crippen molar-refractivity contribution in [3.63, 3.8) is 0 Å². The second-order valence-electron chi connectivity index (χ2n) is 9.39. The van der Waals surface area contributed by atoms with E-state index in [0.717, 1.165) is 31.2 Å². The predicted molar refractivity (Wildman–Crippen MR) is 144 cm³/mol.